The van der Waals surface area contributed by atoms with Crippen LogP contribution in [0.15, 0.2) is 12.3 Å². The number of nitrogens with two attached hydrogens (primary N) is 1. The molecular weight excluding hydrogens is 198 g/mol. The topological polar surface area (TPSA) is 43.8 Å². The van der Waals surface area contributed by atoms with Gasteiger partial charge in [-0.3, -0.25) is 0 Å². The summed E-state index contributed by atoms with van der Waals surface area (Å²) in [6.45, 7) is 0. The van der Waals surface area contributed by atoms with Gasteiger partial charge in [0.25, 0.3) is 0 Å². The van der Waals surface area contributed by atoms with Gasteiger partial charge in [0.05, 0.1) is 12.2 Å². The molecule has 0 bridgehead atoms. The maximum atomic E-state index is 5.92. The molecule has 0 aliphatic heterocycles. The first kappa shape index (κ1) is 10.2. The second-order valence-corrected chi connectivity index (χ2v) is 5.64. The molecule has 3 rings (SSSR count). The van der Waals surface area contributed by atoms with Crippen LogP contribution in [0.5, 0.6) is 0 Å². The van der Waals surface area contributed by atoms with E-state index in [0.29, 0.717) is 11.5 Å². The van der Waals surface area contributed by atoms with Gasteiger partial charge in [-0.25, -0.2) is 4.68 Å². The Balaban J connectivity index is 1.68. The van der Waals surface area contributed by atoms with Crippen molar-refractivity contribution in [3.8, 4) is 0 Å². The third-order valence-corrected chi connectivity index (χ3v) is 4.73. The third kappa shape index (κ3) is 1.62. The van der Waals surface area contributed by atoms with Gasteiger partial charge >= 0.3 is 0 Å². The smallest absolute Gasteiger partial charge is 0.121 e. The molecule has 3 nitrogen and oxygen atoms in total. The van der Waals surface area contributed by atoms with Gasteiger partial charge in [0.2, 0.25) is 0 Å². The molecule has 2 N–H and O–H groups in total. The largest absolute Gasteiger partial charge is 0.384 e. The molecule has 0 aromatic carbocycles. The molecule has 2 aliphatic carbocycles. The van der Waals surface area contributed by atoms with Gasteiger partial charge in [-0.15, -0.1) is 0 Å². The number of hydrogen-bond acceptors (Lipinski definition) is 2. The maximum absolute atomic E-state index is 5.92. The molecule has 0 radical (unpaired) electrons. The molecule has 16 heavy (non-hydrogen) atoms. The highest BCUT2D eigenvalue weighted by molar-refractivity contribution is 5.26. The Kier molecular flexibility index (Phi) is 2.41. The van der Waals surface area contributed by atoms with Gasteiger partial charge in [-0.1, -0.05) is 12.8 Å². The van der Waals surface area contributed by atoms with Crippen molar-refractivity contribution in [3.05, 3.63) is 12.3 Å². The van der Waals surface area contributed by atoms with Crippen LogP contribution < -0.4 is 5.73 Å². The predicted molar refractivity (Wildman–Crippen MR) is 65.0 cm³/mol. The summed E-state index contributed by atoms with van der Waals surface area (Å²) in [5, 5.41) is 4.35. The average molecular weight is 219 g/mol. The van der Waals surface area contributed by atoms with Gasteiger partial charge in [0.15, 0.2) is 0 Å². The lowest BCUT2D eigenvalue weighted by molar-refractivity contribution is 0.153. The number of nitrogen functional groups attached to an aromatic ring is 1. The molecule has 1 heterocycles. The minimum Gasteiger partial charge on any atom is -0.384 e. The van der Waals surface area contributed by atoms with E-state index in [1.54, 1.807) is 0 Å². The summed E-state index contributed by atoms with van der Waals surface area (Å²) >= 11 is 0. The number of hydrogen-bond donors (Lipinski definition) is 1. The zero-order chi connectivity index (χ0) is 11.0. The molecule has 0 saturated heterocycles. The number of anilines is 1. The van der Waals surface area contributed by atoms with Crippen molar-refractivity contribution in [3.63, 3.8) is 0 Å². The van der Waals surface area contributed by atoms with Crippen LogP contribution in [0.1, 0.15) is 57.4 Å². The van der Waals surface area contributed by atoms with E-state index < -0.39 is 0 Å². The SMILES string of the molecule is Nc1ccnn1C1CCC2(CCCC2)CC1. The van der Waals surface area contributed by atoms with E-state index in [4.69, 9.17) is 5.73 Å². The monoisotopic (exact) mass is 219 g/mol. The average Bonchev–Trinajstić information content (AvgIpc) is 2.90. The predicted octanol–water partition coefficient (Wildman–Crippen LogP) is 3.14. The van der Waals surface area contributed by atoms with Crippen LogP contribution in [0.2, 0.25) is 0 Å². The molecule has 2 saturated carbocycles. The molecule has 88 valence electrons. The van der Waals surface area contributed by atoms with E-state index in [-0.39, 0.29) is 0 Å². The summed E-state index contributed by atoms with van der Waals surface area (Å²) in [6.07, 6.45) is 13.0. The molecule has 2 aliphatic rings. The molecule has 2 fully saturated rings. The first-order valence-electron chi connectivity index (χ1n) is 6.58. The van der Waals surface area contributed by atoms with Crippen LogP contribution >= 0.6 is 0 Å². The fourth-order valence-electron chi connectivity index (χ4n) is 3.71. The first-order valence-corrected chi connectivity index (χ1v) is 6.58. The quantitative estimate of drug-likeness (QED) is 0.788. The Labute approximate surface area is 97.0 Å². The van der Waals surface area contributed by atoms with Crippen LogP contribution in [-0.2, 0) is 0 Å². The van der Waals surface area contributed by atoms with Crippen LogP contribution in [0, 0.1) is 5.41 Å². The summed E-state index contributed by atoms with van der Waals surface area (Å²) in [7, 11) is 0. The summed E-state index contributed by atoms with van der Waals surface area (Å²) in [4.78, 5) is 0. The number of nitrogens with zero attached hydrogens (tertiary/aromatic N) is 2. The van der Waals surface area contributed by atoms with Crippen molar-refractivity contribution < 1.29 is 0 Å². The minimum absolute atomic E-state index is 0.557. The van der Waals surface area contributed by atoms with E-state index in [2.05, 4.69) is 5.10 Å². The van der Waals surface area contributed by atoms with E-state index in [9.17, 15) is 0 Å². The molecule has 0 amide bonds. The Hall–Kier alpha value is -0.990. The van der Waals surface area contributed by atoms with Crippen LogP contribution in [0.4, 0.5) is 5.82 Å². The Bertz CT molecular complexity index is 353. The molecule has 1 aromatic rings. The molecule has 0 unspecified atom stereocenters. The maximum Gasteiger partial charge on any atom is 0.121 e. The van der Waals surface area contributed by atoms with Gasteiger partial charge in [-0.05, 0) is 50.0 Å². The number of aromatic nitrogens is 2. The summed E-state index contributed by atoms with van der Waals surface area (Å²) in [6, 6.07) is 2.46. The molecule has 0 atom stereocenters. The molecule has 1 spiro atoms. The molecular formula is C13H21N3. The molecule has 1 aromatic heterocycles. The normalized spacial score (nSPS) is 25.2. The van der Waals surface area contributed by atoms with Gasteiger partial charge in [0, 0.05) is 0 Å². The van der Waals surface area contributed by atoms with Gasteiger partial charge < -0.3 is 5.73 Å². The fourth-order valence-corrected chi connectivity index (χ4v) is 3.71. The van der Waals surface area contributed by atoms with Crippen molar-refractivity contribution in [1.82, 2.24) is 9.78 Å². The fraction of sp³-hybridized carbons (Fsp3) is 0.769. The highest BCUT2D eigenvalue weighted by atomic mass is 15.3. The van der Waals surface area contributed by atoms with Crippen LogP contribution in [-0.4, -0.2) is 9.78 Å². The minimum atomic E-state index is 0.557. The zero-order valence-electron chi connectivity index (χ0n) is 9.86. The lowest BCUT2D eigenvalue weighted by atomic mass is 9.71. The summed E-state index contributed by atoms with van der Waals surface area (Å²) in [5.41, 5.74) is 6.62. The van der Waals surface area contributed by atoms with Crippen molar-refractivity contribution in [2.45, 2.75) is 57.4 Å². The Morgan fingerprint density at radius 3 is 2.44 bits per heavy atom. The second kappa shape index (κ2) is 3.79. The lowest BCUT2D eigenvalue weighted by Gasteiger charge is -2.37. The van der Waals surface area contributed by atoms with E-state index in [1.807, 2.05) is 16.9 Å². The third-order valence-electron chi connectivity index (χ3n) is 4.73. The highest BCUT2D eigenvalue weighted by Gasteiger charge is 2.38. The first-order chi connectivity index (χ1) is 7.79. The second-order valence-electron chi connectivity index (χ2n) is 5.64. The van der Waals surface area contributed by atoms with Crippen molar-refractivity contribution in [2.24, 2.45) is 5.41 Å². The van der Waals surface area contributed by atoms with Gasteiger partial charge in [0.1, 0.15) is 5.82 Å². The molecule has 3 heteroatoms. The summed E-state index contributed by atoms with van der Waals surface area (Å²) in [5.74, 6) is 0.826. The van der Waals surface area contributed by atoms with Crippen LogP contribution in [0.3, 0.4) is 0 Å². The Morgan fingerprint density at radius 1 is 1.19 bits per heavy atom. The zero-order valence-corrected chi connectivity index (χ0v) is 9.86. The summed E-state index contributed by atoms with van der Waals surface area (Å²) < 4.78 is 2.03. The highest BCUT2D eigenvalue weighted by Crippen LogP contribution is 2.51. The van der Waals surface area contributed by atoms with Gasteiger partial charge in [-0.2, -0.15) is 5.10 Å². The number of rotatable bonds is 1. The Morgan fingerprint density at radius 2 is 1.88 bits per heavy atom. The van der Waals surface area contributed by atoms with Crippen molar-refractivity contribution in [1.29, 1.82) is 0 Å². The van der Waals surface area contributed by atoms with E-state index in [0.717, 1.165) is 5.82 Å². The lowest BCUT2D eigenvalue weighted by Crippen LogP contribution is -2.27. The van der Waals surface area contributed by atoms with Crippen LogP contribution in [0.25, 0.3) is 0 Å². The standard InChI is InChI=1S/C13H21N3/c14-12-5-10-15-16(12)11-3-8-13(9-4-11)6-1-2-7-13/h5,10-11H,1-4,6-9,14H2. The van der Waals surface area contributed by atoms with Crippen molar-refractivity contribution in [2.75, 3.05) is 5.73 Å². The van der Waals surface area contributed by atoms with E-state index >= 15 is 0 Å². The van der Waals surface area contributed by atoms with Crippen molar-refractivity contribution >= 4 is 5.82 Å². The van der Waals surface area contributed by atoms with E-state index in [1.165, 1.54) is 51.4 Å².